The van der Waals surface area contributed by atoms with Crippen LogP contribution in [0.4, 0.5) is 0 Å². The van der Waals surface area contributed by atoms with Gasteiger partial charge in [-0.1, -0.05) is 6.07 Å². The van der Waals surface area contributed by atoms with E-state index >= 15 is 0 Å². The Bertz CT molecular complexity index is 897. The number of benzene rings is 2. The first kappa shape index (κ1) is 20.3. The number of methoxy groups -OCH3 is 5. The summed E-state index contributed by atoms with van der Waals surface area (Å²) in [5.41, 5.74) is 1.22. The lowest BCUT2D eigenvalue weighted by Gasteiger charge is -2.16. The summed E-state index contributed by atoms with van der Waals surface area (Å²) < 4.78 is 32.8. The third-order valence-corrected chi connectivity index (χ3v) is 5.31. The van der Waals surface area contributed by atoms with Gasteiger partial charge in [-0.25, -0.2) is 0 Å². The highest BCUT2D eigenvalue weighted by Gasteiger charge is 2.47. The fraction of sp³-hybridized carbons (Fsp3) is 0.350. The molecule has 0 spiro atoms. The number of Topliss-reactive ketones (excluding diaryl/α,β-unsaturated/α-hetero) is 1. The van der Waals surface area contributed by atoms with Crippen LogP contribution >= 0.6 is 15.9 Å². The summed E-state index contributed by atoms with van der Waals surface area (Å²) in [6.07, 6.45) is -0.976. The Balaban J connectivity index is 1.90. The summed E-state index contributed by atoms with van der Waals surface area (Å²) >= 11 is 3.44. The zero-order valence-electron chi connectivity index (χ0n) is 16.2. The molecule has 2 aromatic rings. The minimum absolute atomic E-state index is 0.189. The first-order chi connectivity index (χ1) is 13.5. The molecule has 28 heavy (non-hydrogen) atoms. The van der Waals surface area contributed by atoms with Crippen molar-refractivity contribution in [3.05, 3.63) is 39.9 Å². The van der Waals surface area contributed by atoms with E-state index in [1.807, 2.05) is 6.07 Å². The number of ketones is 1. The van der Waals surface area contributed by atoms with Gasteiger partial charge in [-0.05, 0) is 39.7 Å². The molecule has 0 aliphatic carbocycles. The van der Waals surface area contributed by atoms with Gasteiger partial charge in [0.25, 0.3) is 0 Å². The number of rotatable bonds is 8. The Labute approximate surface area is 171 Å². The van der Waals surface area contributed by atoms with Crippen LogP contribution in [0.3, 0.4) is 0 Å². The number of hydrogen-bond donors (Lipinski definition) is 0. The second-order valence-corrected chi connectivity index (χ2v) is 6.76. The minimum Gasteiger partial charge on any atom is -0.493 e. The van der Waals surface area contributed by atoms with E-state index in [0.717, 1.165) is 5.56 Å². The lowest BCUT2D eigenvalue weighted by Crippen LogP contribution is -2.11. The molecule has 0 amide bonds. The molecule has 0 bridgehead atoms. The molecule has 1 aliphatic heterocycles. The molecule has 0 unspecified atom stereocenters. The molecule has 7 nitrogen and oxygen atoms in total. The predicted octanol–water partition coefficient (Wildman–Crippen LogP) is 3.81. The van der Waals surface area contributed by atoms with E-state index < -0.39 is 6.10 Å². The smallest absolute Gasteiger partial charge is 0.204 e. The van der Waals surface area contributed by atoms with Crippen LogP contribution < -0.4 is 23.7 Å². The van der Waals surface area contributed by atoms with Gasteiger partial charge < -0.3 is 28.4 Å². The number of carbonyl (C=O) groups is 1. The SMILES string of the molecule is COc1ccc([C@H]2O[C@@H]2C(=O)c2cc(OC)c(OC)c(OC)c2Br)cc1OC. The molecule has 8 heteroatoms. The zero-order valence-corrected chi connectivity index (χ0v) is 17.8. The summed E-state index contributed by atoms with van der Waals surface area (Å²) in [7, 11) is 7.63. The van der Waals surface area contributed by atoms with Gasteiger partial charge >= 0.3 is 0 Å². The average molecular weight is 453 g/mol. The topological polar surface area (TPSA) is 75.8 Å². The van der Waals surface area contributed by atoms with Gasteiger partial charge in [0, 0.05) is 5.56 Å². The van der Waals surface area contributed by atoms with Crippen molar-refractivity contribution in [1.29, 1.82) is 0 Å². The van der Waals surface area contributed by atoms with Gasteiger partial charge in [0.15, 0.2) is 34.9 Å². The molecule has 0 aromatic heterocycles. The number of carbonyl (C=O) groups excluding carboxylic acids is 1. The summed E-state index contributed by atoms with van der Waals surface area (Å²) in [6, 6.07) is 7.05. The largest absolute Gasteiger partial charge is 0.493 e. The van der Waals surface area contributed by atoms with E-state index in [9.17, 15) is 4.79 Å². The highest BCUT2D eigenvalue weighted by Crippen LogP contribution is 2.48. The van der Waals surface area contributed by atoms with Crippen LogP contribution in [0, 0.1) is 0 Å². The first-order valence-electron chi connectivity index (χ1n) is 8.40. The zero-order chi connectivity index (χ0) is 20.4. The highest BCUT2D eigenvalue weighted by molar-refractivity contribution is 9.10. The summed E-state index contributed by atoms with van der Waals surface area (Å²) in [5.74, 6) is 2.19. The highest BCUT2D eigenvalue weighted by atomic mass is 79.9. The number of ether oxygens (including phenoxy) is 6. The molecule has 150 valence electrons. The number of epoxide rings is 1. The second-order valence-electron chi connectivity index (χ2n) is 5.96. The van der Waals surface area contributed by atoms with E-state index in [0.29, 0.717) is 38.8 Å². The van der Waals surface area contributed by atoms with Crippen molar-refractivity contribution in [2.75, 3.05) is 35.5 Å². The molecular weight excluding hydrogens is 432 g/mol. The van der Waals surface area contributed by atoms with Crippen LogP contribution in [0.2, 0.25) is 0 Å². The van der Waals surface area contributed by atoms with Crippen LogP contribution in [0.1, 0.15) is 22.0 Å². The Morgan fingerprint density at radius 2 is 1.50 bits per heavy atom. The fourth-order valence-corrected chi connectivity index (χ4v) is 3.70. The van der Waals surface area contributed by atoms with Crippen LogP contribution in [0.25, 0.3) is 0 Å². The van der Waals surface area contributed by atoms with Crippen molar-refractivity contribution in [3.8, 4) is 28.7 Å². The summed E-state index contributed by atoms with van der Waals surface area (Å²) in [5, 5.41) is 0. The molecule has 1 heterocycles. The van der Waals surface area contributed by atoms with Crippen LogP contribution in [0.15, 0.2) is 28.7 Å². The van der Waals surface area contributed by atoms with Crippen LogP contribution in [-0.2, 0) is 4.74 Å². The Kier molecular flexibility index (Phi) is 6.00. The molecule has 3 rings (SSSR count). The van der Waals surface area contributed by atoms with Crippen molar-refractivity contribution in [1.82, 2.24) is 0 Å². The van der Waals surface area contributed by atoms with E-state index in [-0.39, 0.29) is 11.9 Å². The maximum Gasteiger partial charge on any atom is 0.204 e. The molecule has 1 aliphatic rings. The fourth-order valence-electron chi connectivity index (χ4n) is 3.05. The Hall–Kier alpha value is -2.45. The summed E-state index contributed by atoms with van der Waals surface area (Å²) in [4.78, 5) is 13.1. The molecule has 0 N–H and O–H groups in total. The Morgan fingerprint density at radius 3 is 2.07 bits per heavy atom. The molecule has 2 atom stereocenters. The third kappa shape index (κ3) is 3.49. The summed E-state index contributed by atoms with van der Waals surface area (Å²) in [6.45, 7) is 0. The average Bonchev–Trinajstić information content (AvgIpc) is 3.53. The van der Waals surface area contributed by atoms with Gasteiger partial charge in [0.1, 0.15) is 6.10 Å². The van der Waals surface area contributed by atoms with Gasteiger partial charge in [0.2, 0.25) is 5.75 Å². The minimum atomic E-state index is -0.614. The standard InChI is InChI=1S/C20H21BrO7/c1-23-12-7-6-10(8-13(12)24-2)17-20(28-17)16(22)11-9-14(25-3)18(26-4)19(27-5)15(11)21/h6-9,17,20H,1-5H3/t17-,20-/m1/s1. The van der Waals surface area contributed by atoms with Crippen LogP contribution in [0.5, 0.6) is 28.7 Å². The quantitative estimate of drug-likeness (QED) is 0.445. The molecular formula is C20H21BrO7. The monoisotopic (exact) mass is 452 g/mol. The van der Waals surface area contributed by atoms with Crippen molar-refractivity contribution in [3.63, 3.8) is 0 Å². The lowest BCUT2D eigenvalue weighted by atomic mass is 10.0. The number of halogens is 1. The van der Waals surface area contributed by atoms with E-state index in [1.165, 1.54) is 21.3 Å². The molecule has 1 saturated heterocycles. The van der Waals surface area contributed by atoms with Gasteiger partial charge in [-0.2, -0.15) is 0 Å². The van der Waals surface area contributed by atoms with Crippen molar-refractivity contribution in [2.24, 2.45) is 0 Å². The van der Waals surface area contributed by atoms with Crippen molar-refractivity contribution < 1.29 is 33.2 Å². The van der Waals surface area contributed by atoms with Gasteiger partial charge in [0.05, 0.1) is 40.0 Å². The second kappa shape index (κ2) is 8.28. The van der Waals surface area contributed by atoms with E-state index in [4.69, 9.17) is 28.4 Å². The first-order valence-corrected chi connectivity index (χ1v) is 9.20. The van der Waals surface area contributed by atoms with Crippen molar-refractivity contribution in [2.45, 2.75) is 12.2 Å². The van der Waals surface area contributed by atoms with Crippen molar-refractivity contribution >= 4 is 21.7 Å². The molecule has 1 fully saturated rings. The van der Waals surface area contributed by atoms with Crippen LogP contribution in [-0.4, -0.2) is 47.4 Å². The molecule has 0 radical (unpaired) electrons. The van der Waals surface area contributed by atoms with Gasteiger partial charge in [-0.3, -0.25) is 4.79 Å². The normalized spacial score (nSPS) is 17.6. The maximum atomic E-state index is 13.1. The molecule has 2 aromatic carbocycles. The predicted molar refractivity (Wildman–Crippen MR) is 105 cm³/mol. The third-order valence-electron chi connectivity index (χ3n) is 4.52. The molecule has 0 saturated carbocycles. The van der Waals surface area contributed by atoms with E-state index in [2.05, 4.69) is 15.9 Å². The maximum absolute atomic E-state index is 13.1. The van der Waals surface area contributed by atoms with E-state index in [1.54, 1.807) is 32.4 Å². The Morgan fingerprint density at radius 1 is 0.857 bits per heavy atom. The van der Waals surface area contributed by atoms with Gasteiger partial charge in [-0.15, -0.1) is 0 Å². The number of hydrogen-bond acceptors (Lipinski definition) is 7. The lowest BCUT2D eigenvalue weighted by molar-refractivity contribution is 0.0952.